The Balaban J connectivity index is 1.42. The van der Waals surface area contributed by atoms with Crippen LogP contribution >= 0.6 is 0 Å². The van der Waals surface area contributed by atoms with Gasteiger partial charge in [-0.05, 0) is 67.9 Å². The molecule has 0 spiro atoms. The van der Waals surface area contributed by atoms with E-state index in [-0.39, 0.29) is 24.4 Å². The molecule has 2 aliphatic heterocycles. The Morgan fingerprint density at radius 1 is 1.10 bits per heavy atom. The molecule has 2 aliphatic rings. The van der Waals surface area contributed by atoms with Crippen LogP contribution in [0.5, 0.6) is 6.01 Å². The highest BCUT2D eigenvalue weighted by atomic mass is 16.5. The monoisotopic (exact) mass is 561 g/mol. The van der Waals surface area contributed by atoms with Crippen molar-refractivity contribution in [3.05, 3.63) is 66.7 Å². The number of likely N-dealkylation sites (tertiary alicyclic amines) is 1. The van der Waals surface area contributed by atoms with Crippen LogP contribution in [-0.2, 0) is 4.79 Å². The Morgan fingerprint density at radius 2 is 1.93 bits per heavy atom. The molecule has 0 aliphatic carbocycles. The van der Waals surface area contributed by atoms with Gasteiger partial charge in [0.15, 0.2) is 5.65 Å². The molecule has 0 radical (unpaired) electrons. The standard InChI is InChI=1S/C33H35N7O2/c1-4-29(41)40-19-18-39(20-24(40)15-16-34)32-27-13-14-28(26-12-6-10-23-9-5-8-22(2)30(23)26)35-31(27)36-33(37-32)42-21-25-11-7-17-38(25)3/h4-6,8-10,12-14,24-25H,1,7,11,15,17-21H2,2-3H3/t24-,25-/m0/s1. The fraction of sp³-hybridized carbons (Fsp3) is 0.364. The van der Waals surface area contributed by atoms with Gasteiger partial charge in [-0.15, -0.1) is 0 Å². The second kappa shape index (κ2) is 11.7. The Hall–Kier alpha value is -4.55. The van der Waals surface area contributed by atoms with Gasteiger partial charge in [-0.1, -0.05) is 43.0 Å². The fourth-order valence-corrected chi connectivity index (χ4v) is 6.27. The lowest BCUT2D eigenvalue weighted by atomic mass is 9.97. The number of piperazine rings is 1. The molecular weight excluding hydrogens is 526 g/mol. The van der Waals surface area contributed by atoms with E-state index in [2.05, 4.69) is 72.8 Å². The number of nitriles is 1. The van der Waals surface area contributed by atoms with Gasteiger partial charge in [-0.2, -0.15) is 15.2 Å². The number of benzene rings is 2. The number of fused-ring (bicyclic) bond motifs is 2. The number of aromatic nitrogens is 3. The van der Waals surface area contributed by atoms with Gasteiger partial charge >= 0.3 is 6.01 Å². The smallest absolute Gasteiger partial charge is 0.320 e. The first kappa shape index (κ1) is 27.6. The van der Waals surface area contributed by atoms with E-state index in [1.807, 2.05) is 12.1 Å². The highest BCUT2D eigenvalue weighted by Gasteiger charge is 2.31. The molecule has 6 rings (SSSR count). The van der Waals surface area contributed by atoms with Crippen LogP contribution in [0.4, 0.5) is 5.82 Å². The van der Waals surface area contributed by atoms with Gasteiger partial charge in [-0.25, -0.2) is 4.98 Å². The average Bonchev–Trinajstić information content (AvgIpc) is 3.43. The number of ether oxygens (including phenoxy) is 1. The lowest BCUT2D eigenvalue weighted by Crippen LogP contribution is -2.55. The summed E-state index contributed by atoms with van der Waals surface area (Å²) < 4.78 is 6.23. The summed E-state index contributed by atoms with van der Waals surface area (Å²) in [5, 5.41) is 12.6. The van der Waals surface area contributed by atoms with Crippen molar-refractivity contribution in [3.63, 3.8) is 0 Å². The molecule has 214 valence electrons. The van der Waals surface area contributed by atoms with E-state index in [0.29, 0.717) is 43.7 Å². The predicted octanol–water partition coefficient (Wildman–Crippen LogP) is 4.74. The second-order valence-corrected chi connectivity index (χ2v) is 11.2. The van der Waals surface area contributed by atoms with Crippen molar-refractivity contribution in [1.29, 1.82) is 5.26 Å². The Labute approximate surface area is 246 Å². The number of carbonyl (C=O) groups is 1. The maximum Gasteiger partial charge on any atom is 0.320 e. The number of carbonyl (C=O) groups excluding carboxylic acids is 1. The van der Waals surface area contributed by atoms with Gasteiger partial charge in [-0.3, -0.25) is 4.79 Å². The summed E-state index contributed by atoms with van der Waals surface area (Å²) in [5.74, 6) is 0.542. The van der Waals surface area contributed by atoms with Crippen LogP contribution in [0.25, 0.3) is 33.1 Å². The number of nitrogens with zero attached hydrogens (tertiary/aromatic N) is 7. The number of aryl methyl sites for hydroxylation is 1. The van der Waals surface area contributed by atoms with Gasteiger partial charge in [0.2, 0.25) is 5.91 Å². The van der Waals surface area contributed by atoms with Crippen LogP contribution in [0.15, 0.2) is 61.2 Å². The molecule has 4 aromatic rings. The quantitative estimate of drug-likeness (QED) is 0.299. The summed E-state index contributed by atoms with van der Waals surface area (Å²) in [7, 11) is 2.12. The molecule has 2 saturated heterocycles. The number of amides is 1. The van der Waals surface area contributed by atoms with Crippen molar-refractivity contribution in [2.45, 2.75) is 38.3 Å². The summed E-state index contributed by atoms with van der Waals surface area (Å²) in [6.45, 7) is 8.81. The molecule has 9 nitrogen and oxygen atoms in total. The van der Waals surface area contributed by atoms with E-state index >= 15 is 0 Å². The van der Waals surface area contributed by atoms with Crippen LogP contribution in [0, 0.1) is 18.3 Å². The minimum absolute atomic E-state index is 0.163. The normalized spacial score (nSPS) is 19.3. The van der Waals surface area contributed by atoms with Gasteiger partial charge in [0.25, 0.3) is 0 Å². The van der Waals surface area contributed by atoms with Crippen molar-refractivity contribution in [2.75, 3.05) is 44.7 Å². The van der Waals surface area contributed by atoms with E-state index in [1.54, 1.807) is 4.90 Å². The lowest BCUT2D eigenvalue weighted by molar-refractivity contribution is -0.128. The number of hydrogen-bond donors (Lipinski definition) is 0. The minimum atomic E-state index is -0.276. The molecule has 2 fully saturated rings. The van der Waals surface area contributed by atoms with Crippen molar-refractivity contribution in [2.24, 2.45) is 0 Å². The Bertz CT molecular complexity index is 1690. The first-order chi connectivity index (χ1) is 20.5. The Kier molecular flexibility index (Phi) is 7.72. The number of anilines is 1. The third kappa shape index (κ3) is 5.26. The van der Waals surface area contributed by atoms with Gasteiger partial charge in [0, 0.05) is 31.2 Å². The van der Waals surface area contributed by atoms with Crippen LogP contribution in [0.2, 0.25) is 0 Å². The summed E-state index contributed by atoms with van der Waals surface area (Å²) in [6, 6.07) is 19.2. The molecular formula is C33H35N7O2. The number of rotatable bonds is 7. The zero-order chi connectivity index (χ0) is 29.2. The van der Waals surface area contributed by atoms with Gasteiger partial charge < -0.3 is 19.4 Å². The van der Waals surface area contributed by atoms with E-state index < -0.39 is 0 Å². The molecule has 0 bridgehead atoms. The van der Waals surface area contributed by atoms with Crippen LogP contribution in [-0.4, -0.2) is 82.6 Å². The minimum Gasteiger partial charge on any atom is -0.462 e. The zero-order valence-corrected chi connectivity index (χ0v) is 24.2. The Morgan fingerprint density at radius 3 is 2.69 bits per heavy atom. The molecule has 42 heavy (non-hydrogen) atoms. The third-order valence-electron chi connectivity index (χ3n) is 8.55. The van der Waals surface area contributed by atoms with E-state index in [9.17, 15) is 10.1 Å². The zero-order valence-electron chi connectivity index (χ0n) is 24.2. The van der Waals surface area contributed by atoms with Gasteiger partial charge in [0.1, 0.15) is 12.4 Å². The maximum absolute atomic E-state index is 12.5. The van der Waals surface area contributed by atoms with Crippen molar-refractivity contribution >= 4 is 33.5 Å². The van der Waals surface area contributed by atoms with E-state index in [1.165, 1.54) is 17.0 Å². The largest absolute Gasteiger partial charge is 0.462 e. The summed E-state index contributed by atoms with van der Waals surface area (Å²) in [4.78, 5) is 33.4. The number of hydrogen-bond acceptors (Lipinski definition) is 8. The van der Waals surface area contributed by atoms with Crippen molar-refractivity contribution in [3.8, 4) is 23.3 Å². The first-order valence-electron chi connectivity index (χ1n) is 14.5. The second-order valence-electron chi connectivity index (χ2n) is 11.2. The number of likely N-dealkylation sites (N-methyl/N-ethyl adjacent to an activating group) is 1. The topological polar surface area (TPSA) is 98.5 Å². The van der Waals surface area contributed by atoms with Crippen molar-refractivity contribution in [1.82, 2.24) is 24.8 Å². The highest BCUT2D eigenvalue weighted by molar-refractivity contribution is 5.99. The van der Waals surface area contributed by atoms with Crippen LogP contribution in [0.3, 0.4) is 0 Å². The molecule has 9 heteroatoms. The summed E-state index contributed by atoms with van der Waals surface area (Å²) >= 11 is 0. The molecule has 2 aromatic heterocycles. The molecule has 0 saturated carbocycles. The third-order valence-corrected chi connectivity index (χ3v) is 8.55. The summed E-state index contributed by atoms with van der Waals surface area (Å²) in [6.07, 6.45) is 3.76. The SMILES string of the molecule is C=CC(=O)N1CCN(c2nc(OC[C@@H]3CCCN3C)nc3nc(-c4cccc5cccc(C)c45)ccc23)C[C@@H]1CC#N. The van der Waals surface area contributed by atoms with Crippen LogP contribution < -0.4 is 9.64 Å². The molecule has 0 N–H and O–H groups in total. The molecule has 0 unspecified atom stereocenters. The van der Waals surface area contributed by atoms with Crippen LogP contribution in [0.1, 0.15) is 24.8 Å². The summed E-state index contributed by atoms with van der Waals surface area (Å²) in [5.41, 5.74) is 3.62. The first-order valence-corrected chi connectivity index (χ1v) is 14.5. The van der Waals surface area contributed by atoms with E-state index in [0.717, 1.165) is 41.4 Å². The molecule has 1 amide bonds. The average molecular weight is 562 g/mol. The highest BCUT2D eigenvalue weighted by Crippen LogP contribution is 2.34. The molecule has 4 heterocycles. The fourth-order valence-electron chi connectivity index (χ4n) is 6.27. The van der Waals surface area contributed by atoms with E-state index in [4.69, 9.17) is 19.7 Å². The van der Waals surface area contributed by atoms with Gasteiger partial charge in [0.05, 0.1) is 29.6 Å². The predicted molar refractivity (Wildman–Crippen MR) is 164 cm³/mol. The number of pyridine rings is 1. The molecule has 2 aromatic carbocycles. The maximum atomic E-state index is 12.5. The van der Waals surface area contributed by atoms with Crippen molar-refractivity contribution < 1.29 is 9.53 Å². The lowest BCUT2D eigenvalue weighted by Gasteiger charge is -2.41. The molecule has 2 atom stereocenters.